The molecule has 0 saturated heterocycles. The molecule has 0 atom stereocenters. The van der Waals surface area contributed by atoms with Gasteiger partial charge in [0.1, 0.15) is 0 Å². The van der Waals surface area contributed by atoms with Crippen LogP contribution in [0.3, 0.4) is 0 Å². The first kappa shape index (κ1) is 12.7. The smallest absolute Gasteiger partial charge is 0.152 e. The van der Waals surface area contributed by atoms with Crippen LogP contribution in [0.5, 0.6) is 0 Å². The van der Waals surface area contributed by atoms with Crippen LogP contribution in [0, 0.1) is 6.92 Å². The Bertz CT molecular complexity index is 580. The van der Waals surface area contributed by atoms with Crippen molar-refractivity contribution in [3.05, 3.63) is 58.6 Å². The Morgan fingerprint density at radius 1 is 1.11 bits per heavy atom. The van der Waals surface area contributed by atoms with Crippen LogP contribution in [0.4, 0.5) is 11.4 Å². The van der Waals surface area contributed by atoms with E-state index in [0.29, 0.717) is 10.6 Å². The van der Waals surface area contributed by atoms with E-state index in [0.717, 1.165) is 23.2 Å². The summed E-state index contributed by atoms with van der Waals surface area (Å²) in [6.45, 7) is 2.04. The zero-order chi connectivity index (χ0) is 13.1. The van der Waals surface area contributed by atoms with Crippen molar-refractivity contribution in [2.24, 2.45) is 0 Å². The van der Waals surface area contributed by atoms with Gasteiger partial charge in [-0.05, 0) is 36.8 Å². The Kier molecular flexibility index (Phi) is 3.68. The number of hydrogen-bond acceptors (Lipinski definition) is 2. The number of halogens is 1. The normalized spacial score (nSPS) is 10.2. The minimum Gasteiger partial charge on any atom is -0.344 e. The molecule has 0 bridgehead atoms. The first-order valence-electron chi connectivity index (χ1n) is 5.67. The predicted molar refractivity (Wildman–Crippen MR) is 76.1 cm³/mol. The van der Waals surface area contributed by atoms with E-state index in [1.807, 2.05) is 43.1 Å². The molecule has 2 nitrogen and oxygen atoms in total. The van der Waals surface area contributed by atoms with Gasteiger partial charge in [0.05, 0.1) is 5.69 Å². The van der Waals surface area contributed by atoms with Crippen molar-refractivity contribution in [2.75, 3.05) is 11.9 Å². The van der Waals surface area contributed by atoms with Crippen molar-refractivity contribution in [2.45, 2.75) is 6.92 Å². The lowest BCUT2D eigenvalue weighted by Crippen LogP contribution is -2.12. The van der Waals surface area contributed by atoms with E-state index < -0.39 is 0 Å². The molecule has 2 rings (SSSR count). The van der Waals surface area contributed by atoms with Gasteiger partial charge in [0.2, 0.25) is 0 Å². The number of carbonyl (C=O) groups excluding carboxylic acids is 1. The van der Waals surface area contributed by atoms with Gasteiger partial charge in [-0.25, -0.2) is 0 Å². The molecule has 0 aromatic heterocycles. The highest BCUT2D eigenvalue weighted by Gasteiger charge is 2.11. The summed E-state index contributed by atoms with van der Waals surface area (Å²) in [4.78, 5) is 13.1. The first-order chi connectivity index (χ1) is 8.63. The second-order valence-corrected chi connectivity index (χ2v) is 4.60. The Morgan fingerprint density at radius 3 is 2.50 bits per heavy atom. The van der Waals surface area contributed by atoms with Gasteiger partial charge in [-0.15, -0.1) is 0 Å². The average Bonchev–Trinajstić information content (AvgIpc) is 2.38. The molecular formula is C15H14ClNO. The number of aldehydes is 1. The second kappa shape index (κ2) is 5.23. The van der Waals surface area contributed by atoms with Gasteiger partial charge in [0.15, 0.2) is 6.29 Å². The van der Waals surface area contributed by atoms with Gasteiger partial charge in [-0.3, -0.25) is 4.79 Å². The first-order valence-corrected chi connectivity index (χ1v) is 6.05. The number of nitrogens with zero attached hydrogens (tertiary/aromatic N) is 1. The zero-order valence-corrected chi connectivity index (χ0v) is 11.1. The van der Waals surface area contributed by atoms with Gasteiger partial charge < -0.3 is 4.90 Å². The summed E-state index contributed by atoms with van der Waals surface area (Å²) in [5.74, 6) is 0. The van der Waals surface area contributed by atoms with E-state index in [1.54, 1.807) is 18.2 Å². The van der Waals surface area contributed by atoms with Crippen LogP contribution in [0.1, 0.15) is 15.9 Å². The van der Waals surface area contributed by atoms with E-state index in [9.17, 15) is 4.79 Å². The average molecular weight is 260 g/mol. The minimum absolute atomic E-state index is 0.621. The van der Waals surface area contributed by atoms with Gasteiger partial charge in [-0.2, -0.15) is 0 Å². The molecule has 0 aliphatic rings. The fourth-order valence-corrected chi connectivity index (χ4v) is 2.14. The van der Waals surface area contributed by atoms with E-state index in [4.69, 9.17) is 11.6 Å². The van der Waals surface area contributed by atoms with Crippen LogP contribution in [0.2, 0.25) is 5.02 Å². The third-order valence-electron chi connectivity index (χ3n) is 2.96. The number of rotatable bonds is 3. The van der Waals surface area contributed by atoms with E-state index >= 15 is 0 Å². The Labute approximate surface area is 112 Å². The minimum atomic E-state index is 0.621. The summed E-state index contributed by atoms with van der Waals surface area (Å²) in [6.07, 6.45) is 0.848. The summed E-state index contributed by atoms with van der Waals surface area (Å²) in [7, 11) is 1.93. The third kappa shape index (κ3) is 2.39. The van der Waals surface area contributed by atoms with Crippen LogP contribution in [-0.4, -0.2) is 13.3 Å². The standard InChI is InChI=1S/C15H14ClNO/c1-11-5-3-4-6-14(11)17(2)15-9-13(16)8-7-12(15)10-18/h3-10H,1-2H3. The Balaban J connectivity index is 2.52. The Morgan fingerprint density at radius 2 is 1.83 bits per heavy atom. The maximum Gasteiger partial charge on any atom is 0.152 e. The molecule has 0 N–H and O–H groups in total. The van der Waals surface area contributed by atoms with E-state index in [-0.39, 0.29) is 0 Å². The van der Waals surface area contributed by atoms with Crippen LogP contribution >= 0.6 is 11.6 Å². The van der Waals surface area contributed by atoms with Crippen LogP contribution in [0.15, 0.2) is 42.5 Å². The summed E-state index contributed by atoms with van der Waals surface area (Å²) in [5.41, 5.74) is 3.65. The number of para-hydroxylation sites is 1. The molecule has 92 valence electrons. The lowest BCUT2D eigenvalue weighted by atomic mass is 10.1. The molecule has 0 amide bonds. The molecule has 0 radical (unpaired) electrons. The molecule has 2 aromatic rings. The monoisotopic (exact) mass is 259 g/mol. The number of aryl methyl sites for hydroxylation is 1. The molecule has 18 heavy (non-hydrogen) atoms. The van der Waals surface area contributed by atoms with Crippen molar-refractivity contribution in [1.29, 1.82) is 0 Å². The molecule has 3 heteroatoms. The molecule has 0 fully saturated rings. The number of benzene rings is 2. The summed E-state index contributed by atoms with van der Waals surface area (Å²) < 4.78 is 0. The van der Waals surface area contributed by atoms with E-state index in [2.05, 4.69) is 0 Å². The lowest BCUT2D eigenvalue weighted by Gasteiger charge is -2.23. The molecule has 0 saturated carbocycles. The summed E-state index contributed by atoms with van der Waals surface area (Å²) in [5, 5.41) is 0.621. The van der Waals surface area contributed by atoms with Crippen molar-refractivity contribution in [3.8, 4) is 0 Å². The molecular weight excluding hydrogens is 246 g/mol. The fourth-order valence-electron chi connectivity index (χ4n) is 1.98. The fraction of sp³-hybridized carbons (Fsp3) is 0.133. The number of anilines is 2. The highest BCUT2D eigenvalue weighted by Crippen LogP contribution is 2.30. The SMILES string of the molecule is Cc1ccccc1N(C)c1cc(Cl)ccc1C=O. The lowest BCUT2D eigenvalue weighted by molar-refractivity contribution is 0.112. The zero-order valence-electron chi connectivity index (χ0n) is 10.4. The van der Waals surface area contributed by atoms with Crippen molar-refractivity contribution < 1.29 is 4.79 Å². The van der Waals surface area contributed by atoms with Gasteiger partial charge in [0.25, 0.3) is 0 Å². The highest BCUT2D eigenvalue weighted by molar-refractivity contribution is 6.31. The van der Waals surface area contributed by atoms with Gasteiger partial charge in [0, 0.05) is 23.3 Å². The molecule has 0 heterocycles. The van der Waals surface area contributed by atoms with Crippen molar-refractivity contribution in [1.82, 2.24) is 0 Å². The number of carbonyl (C=O) groups is 1. The summed E-state index contributed by atoms with van der Waals surface area (Å²) >= 11 is 6.00. The maximum atomic E-state index is 11.1. The topological polar surface area (TPSA) is 20.3 Å². The van der Waals surface area contributed by atoms with Gasteiger partial charge >= 0.3 is 0 Å². The van der Waals surface area contributed by atoms with Gasteiger partial charge in [-0.1, -0.05) is 29.8 Å². The largest absolute Gasteiger partial charge is 0.344 e. The van der Waals surface area contributed by atoms with Crippen molar-refractivity contribution in [3.63, 3.8) is 0 Å². The third-order valence-corrected chi connectivity index (χ3v) is 3.19. The highest BCUT2D eigenvalue weighted by atomic mass is 35.5. The molecule has 0 aliphatic carbocycles. The maximum absolute atomic E-state index is 11.1. The Hall–Kier alpha value is -1.80. The molecule has 0 unspecified atom stereocenters. The summed E-state index contributed by atoms with van der Waals surface area (Å²) in [6, 6.07) is 13.3. The van der Waals surface area contributed by atoms with E-state index in [1.165, 1.54) is 0 Å². The number of hydrogen-bond donors (Lipinski definition) is 0. The molecule has 0 aliphatic heterocycles. The van der Waals surface area contributed by atoms with Crippen LogP contribution < -0.4 is 4.90 Å². The second-order valence-electron chi connectivity index (χ2n) is 4.17. The van der Waals surface area contributed by atoms with Crippen molar-refractivity contribution >= 4 is 29.3 Å². The van der Waals surface area contributed by atoms with Crippen LogP contribution in [0.25, 0.3) is 0 Å². The molecule has 2 aromatic carbocycles. The van der Waals surface area contributed by atoms with Crippen LogP contribution in [-0.2, 0) is 0 Å². The predicted octanol–water partition coefficient (Wildman–Crippen LogP) is 4.23. The molecule has 0 spiro atoms. The quantitative estimate of drug-likeness (QED) is 0.769.